The molecule has 5 nitrogen and oxygen atoms in total. The smallest absolute Gasteiger partial charge is 0.191 e. The third-order valence-electron chi connectivity index (χ3n) is 3.65. The lowest BCUT2D eigenvalue weighted by atomic mass is 10.3. The molecule has 1 aliphatic rings. The van der Waals surface area contributed by atoms with E-state index in [1.54, 1.807) is 12.1 Å². The van der Waals surface area contributed by atoms with Gasteiger partial charge in [-0.25, -0.2) is 4.39 Å². The van der Waals surface area contributed by atoms with Gasteiger partial charge in [-0.05, 0) is 31.9 Å². The van der Waals surface area contributed by atoms with Crippen molar-refractivity contribution in [2.45, 2.75) is 30.8 Å². The molecule has 25 heavy (non-hydrogen) atoms. The van der Waals surface area contributed by atoms with E-state index in [9.17, 15) is 4.39 Å². The molecular weight excluding hydrogens is 341 g/mol. The van der Waals surface area contributed by atoms with Crippen LogP contribution in [0.25, 0.3) is 0 Å². The molecule has 1 unspecified atom stereocenters. The predicted octanol–water partition coefficient (Wildman–Crippen LogP) is 2.67. The first-order valence-electron chi connectivity index (χ1n) is 8.88. The van der Waals surface area contributed by atoms with Gasteiger partial charge >= 0.3 is 0 Å². The molecule has 1 atom stereocenters. The molecule has 140 valence electrons. The maximum atomic E-state index is 13.6. The number of nitrogens with one attached hydrogen (secondary N) is 2. The summed E-state index contributed by atoms with van der Waals surface area (Å²) in [5, 5.41) is 6.50. The van der Waals surface area contributed by atoms with E-state index in [1.807, 2.05) is 13.0 Å². The number of nitrogens with zero attached hydrogens (tertiary/aromatic N) is 1. The van der Waals surface area contributed by atoms with Crippen LogP contribution in [-0.2, 0) is 9.47 Å². The highest BCUT2D eigenvalue weighted by Crippen LogP contribution is 2.20. The molecule has 0 amide bonds. The molecule has 1 saturated heterocycles. The molecule has 7 heteroatoms. The Hall–Kier alpha value is -1.31. The first-order chi connectivity index (χ1) is 12.3. The van der Waals surface area contributed by atoms with Crippen molar-refractivity contribution in [3.63, 3.8) is 0 Å². The van der Waals surface area contributed by atoms with Gasteiger partial charge in [0.2, 0.25) is 0 Å². The Balaban J connectivity index is 1.60. The van der Waals surface area contributed by atoms with Crippen LogP contribution in [-0.4, -0.2) is 57.3 Å². The highest BCUT2D eigenvalue weighted by Gasteiger charge is 2.15. The normalized spacial score (nSPS) is 17.7. The molecule has 0 aliphatic carbocycles. The Morgan fingerprint density at radius 1 is 1.40 bits per heavy atom. The molecule has 0 spiro atoms. The minimum absolute atomic E-state index is 0.166. The summed E-state index contributed by atoms with van der Waals surface area (Å²) < 4.78 is 24.6. The molecule has 0 aromatic heterocycles. The Morgan fingerprint density at radius 2 is 2.28 bits per heavy atom. The van der Waals surface area contributed by atoms with Gasteiger partial charge in [-0.15, -0.1) is 11.8 Å². The summed E-state index contributed by atoms with van der Waals surface area (Å²) in [5.74, 6) is 1.40. The zero-order valence-corrected chi connectivity index (χ0v) is 15.6. The average Bonchev–Trinajstić information content (AvgIpc) is 3.13. The Labute approximate surface area is 153 Å². The highest BCUT2D eigenvalue weighted by molar-refractivity contribution is 7.99. The zero-order valence-electron chi connectivity index (χ0n) is 14.8. The van der Waals surface area contributed by atoms with Gasteiger partial charge in [0.15, 0.2) is 5.96 Å². The number of hydrogen-bond acceptors (Lipinski definition) is 4. The van der Waals surface area contributed by atoms with Crippen molar-refractivity contribution in [1.82, 2.24) is 10.6 Å². The van der Waals surface area contributed by atoms with Gasteiger partial charge in [0.25, 0.3) is 0 Å². The van der Waals surface area contributed by atoms with Gasteiger partial charge in [-0.1, -0.05) is 12.1 Å². The predicted molar refractivity (Wildman–Crippen MR) is 101 cm³/mol. The van der Waals surface area contributed by atoms with E-state index in [0.717, 1.165) is 44.3 Å². The second kappa shape index (κ2) is 12.1. The number of hydrogen-bond donors (Lipinski definition) is 2. The molecule has 0 bridgehead atoms. The fourth-order valence-electron chi connectivity index (χ4n) is 2.38. The van der Waals surface area contributed by atoms with Crippen molar-refractivity contribution >= 4 is 17.7 Å². The molecule has 2 N–H and O–H groups in total. The van der Waals surface area contributed by atoms with E-state index in [2.05, 4.69) is 15.6 Å². The van der Waals surface area contributed by atoms with Crippen LogP contribution in [0, 0.1) is 5.82 Å². The first-order valence-corrected chi connectivity index (χ1v) is 9.87. The molecule has 1 fully saturated rings. The summed E-state index contributed by atoms with van der Waals surface area (Å²) in [5.41, 5.74) is 0. The van der Waals surface area contributed by atoms with Crippen LogP contribution in [0.15, 0.2) is 34.2 Å². The number of ether oxygens (including phenoxy) is 2. The number of halogens is 1. The van der Waals surface area contributed by atoms with Crippen molar-refractivity contribution < 1.29 is 13.9 Å². The molecule has 1 heterocycles. The molecule has 2 rings (SSSR count). The molecule has 1 aromatic carbocycles. The minimum atomic E-state index is -0.166. The van der Waals surface area contributed by atoms with Crippen molar-refractivity contribution in [1.29, 1.82) is 0 Å². The average molecular weight is 370 g/mol. The molecular formula is C18H28FN3O2S. The summed E-state index contributed by atoms with van der Waals surface area (Å²) in [7, 11) is 0. The van der Waals surface area contributed by atoms with Crippen LogP contribution in [0.2, 0.25) is 0 Å². The third-order valence-corrected chi connectivity index (χ3v) is 4.70. The number of guanidine groups is 1. The molecule has 0 radical (unpaired) electrons. The van der Waals surface area contributed by atoms with Crippen molar-refractivity contribution in [2.75, 3.05) is 45.2 Å². The van der Waals surface area contributed by atoms with Gasteiger partial charge in [0.05, 0.1) is 12.7 Å². The molecule has 0 saturated carbocycles. The summed E-state index contributed by atoms with van der Waals surface area (Å²) in [6.45, 7) is 6.51. The minimum Gasteiger partial charge on any atom is -0.379 e. The first kappa shape index (κ1) is 20.0. The molecule has 1 aromatic rings. The fraction of sp³-hybridized carbons (Fsp3) is 0.611. The Bertz CT molecular complexity index is 525. The number of thioether (sulfide) groups is 1. The topological polar surface area (TPSA) is 54.9 Å². The van der Waals surface area contributed by atoms with Crippen LogP contribution in [0.3, 0.4) is 0 Å². The summed E-state index contributed by atoms with van der Waals surface area (Å²) >= 11 is 1.50. The van der Waals surface area contributed by atoms with Gasteiger partial charge in [0.1, 0.15) is 5.82 Å². The second-order valence-electron chi connectivity index (χ2n) is 5.68. The second-order valence-corrected chi connectivity index (χ2v) is 6.81. The van der Waals surface area contributed by atoms with Crippen LogP contribution >= 0.6 is 11.8 Å². The van der Waals surface area contributed by atoms with E-state index >= 15 is 0 Å². The van der Waals surface area contributed by atoms with Crippen molar-refractivity contribution in [3.05, 3.63) is 30.1 Å². The summed E-state index contributed by atoms with van der Waals surface area (Å²) in [6, 6.07) is 6.84. The highest BCUT2D eigenvalue weighted by atomic mass is 32.2. The number of aliphatic imine (C=N–C) groups is 1. The summed E-state index contributed by atoms with van der Waals surface area (Å²) in [4.78, 5) is 5.22. The lowest BCUT2D eigenvalue weighted by molar-refractivity contribution is 0.0424. The van der Waals surface area contributed by atoms with E-state index in [1.165, 1.54) is 17.8 Å². The monoisotopic (exact) mass is 369 g/mol. The maximum Gasteiger partial charge on any atom is 0.191 e. The summed E-state index contributed by atoms with van der Waals surface area (Å²) in [6.07, 6.45) is 2.13. The maximum absolute atomic E-state index is 13.6. The van der Waals surface area contributed by atoms with Gasteiger partial charge in [-0.3, -0.25) is 4.99 Å². The lowest BCUT2D eigenvalue weighted by Gasteiger charge is -2.12. The van der Waals surface area contributed by atoms with Crippen molar-refractivity contribution in [3.8, 4) is 0 Å². The lowest BCUT2D eigenvalue weighted by Crippen LogP contribution is -2.38. The quantitative estimate of drug-likeness (QED) is 0.287. The van der Waals surface area contributed by atoms with Crippen LogP contribution < -0.4 is 10.6 Å². The van der Waals surface area contributed by atoms with E-state index < -0.39 is 0 Å². The van der Waals surface area contributed by atoms with Crippen LogP contribution in [0.5, 0.6) is 0 Å². The largest absolute Gasteiger partial charge is 0.379 e. The Morgan fingerprint density at radius 3 is 3.04 bits per heavy atom. The van der Waals surface area contributed by atoms with Crippen LogP contribution in [0.1, 0.15) is 19.8 Å². The van der Waals surface area contributed by atoms with Crippen LogP contribution in [0.4, 0.5) is 4.39 Å². The van der Waals surface area contributed by atoms with Gasteiger partial charge in [-0.2, -0.15) is 0 Å². The third kappa shape index (κ3) is 8.07. The number of benzene rings is 1. The standard InChI is InChI=1S/C18H28FN3O2S/c1-2-20-18(21-9-5-11-24-15-8-12-23-14-15)22-10-13-25-17-7-4-3-6-16(17)19/h3-4,6-7,15H,2,5,8-14H2,1H3,(H2,20,21,22). The van der Waals surface area contributed by atoms with Crippen molar-refractivity contribution in [2.24, 2.45) is 4.99 Å². The Kier molecular flexibility index (Phi) is 9.69. The zero-order chi connectivity index (χ0) is 17.7. The van der Waals surface area contributed by atoms with E-state index in [0.29, 0.717) is 24.7 Å². The van der Waals surface area contributed by atoms with Gasteiger partial charge in [0, 0.05) is 43.5 Å². The van der Waals surface area contributed by atoms with Gasteiger partial charge < -0.3 is 20.1 Å². The number of rotatable bonds is 10. The molecule has 1 aliphatic heterocycles. The fourth-order valence-corrected chi connectivity index (χ4v) is 3.19. The van der Waals surface area contributed by atoms with E-state index in [-0.39, 0.29) is 11.9 Å². The SMILES string of the molecule is CCNC(=NCCCOC1CCOC1)NCCSc1ccccc1F. The van der Waals surface area contributed by atoms with E-state index in [4.69, 9.17) is 9.47 Å².